The zero-order valence-electron chi connectivity index (χ0n) is 6.56. The van der Waals surface area contributed by atoms with Crippen molar-refractivity contribution in [2.45, 2.75) is 0 Å². The maximum Gasteiger partial charge on any atom is 0.224 e. The lowest BCUT2D eigenvalue weighted by atomic mass is 10.2. The number of halogens is 4. The van der Waals surface area contributed by atoms with Gasteiger partial charge in [-0.15, -0.1) is 0 Å². The maximum absolute atomic E-state index is 5.92. The van der Waals surface area contributed by atoms with Crippen LogP contribution in [0.4, 0.5) is 0 Å². The molecular weight excluding hydrogens is 310 g/mol. The molecule has 0 atom stereocenters. The van der Waals surface area contributed by atoms with Gasteiger partial charge in [0.25, 0.3) is 0 Å². The monoisotopic (exact) mass is 310 g/mol. The number of aromatic nitrogens is 2. The van der Waals surface area contributed by atoms with Gasteiger partial charge in [-0.25, -0.2) is 9.97 Å². The molecule has 0 bridgehead atoms. The highest BCUT2D eigenvalue weighted by molar-refractivity contribution is 9.10. The summed E-state index contributed by atoms with van der Waals surface area (Å²) in [6.45, 7) is 0. The first-order valence-corrected chi connectivity index (χ1v) is 5.49. The molecule has 0 aliphatic carbocycles. The van der Waals surface area contributed by atoms with Crippen LogP contribution in [0.5, 0.6) is 0 Å². The van der Waals surface area contributed by atoms with Crippen molar-refractivity contribution in [1.29, 1.82) is 0 Å². The van der Waals surface area contributed by atoms with Crippen LogP contribution >= 0.6 is 50.7 Å². The Labute approximate surface area is 103 Å². The summed E-state index contributed by atoms with van der Waals surface area (Å²) in [5.41, 5.74) is 0.659. The minimum atomic E-state index is 0.122. The molecule has 0 saturated heterocycles. The van der Waals surface area contributed by atoms with E-state index in [2.05, 4.69) is 25.9 Å². The fraction of sp³-hybridized carbons (Fsp3) is 0. The number of rotatable bonds is 0. The molecule has 0 amide bonds. The van der Waals surface area contributed by atoms with Gasteiger partial charge in [-0.1, -0.05) is 23.2 Å². The summed E-state index contributed by atoms with van der Waals surface area (Å²) >= 11 is 20.8. The molecule has 0 aliphatic heterocycles. The highest BCUT2D eigenvalue weighted by Gasteiger charge is 2.10. The summed E-state index contributed by atoms with van der Waals surface area (Å²) in [4.78, 5) is 7.85. The van der Waals surface area contributed by atoms with E-state index in [4.69, 9.17) is 34.8 Å². The van der Waals surface area contributed by atoms with Crippen molar-refractivity contribution in [1.82, 2.24) is 9.97 Å². The quantitative estimate of drug-likeness (QED) is 0.534. The Balaban J connectivity index is 2.95. The molecule has 14 heavy (non-hydrogen) atoms. The average molecular weight is 312 g/mol. The number of nitrogens with zero attached hydrogens (tertiary/aromatic N) is 2. The third kappa shape index (κ3) is 1.70. The van der Waals surface area contributed by atoms with E-state index >= 15 is 0 Å². The van der Waals surface area contributed by atoms with Gasteiger partial charge in [-0.3, -0.25) is 0 Å². The van der Waals surface area contributed by atoms with Crippen LogP contribution in [-0.4, -0.2) is 9.97 Å². The standard InChI is InChI=1S/C8H2BrCl3N2/c9-6-3(10)1-2-4-5(6)7(11)14-8(12)13-4/h1-2H. The van der Waals surface area contributed by atoms with Crippen molar-refractivity contribution in [3.63, 3.8) is 0 Å². The molecule has 0 aliphatic rings. The summed E-state index contributed by atoms with van der Waals surface area (Å²) in [6.07, 6.45) is 0. The number of benzene rings is 1. The Bertz CT molecular complexity index is 515. The van der Waals surface area contributed by atoms with Gasteiger partial charge in [0.1, 0.15) is 5.15 Å². The second-order valence-corrected chi connectivity index (χ2v) is 4.44. The highest BCUT2D eigenvalue weighted by atomic mass is 79.9. The second kappa shape index (κ2) is 3.81. The van der Waals surface area contributed by atoms with Crippen LogP contribution in [-0.2, 0) is 0 Å². The van der Waals surface area contributed by atoms with Crippen LogP contribution in [0.2, 0.25) is 15.5 Å². The average Bonchev–Trinajstić information content (AvgIpc) is 2.10. The first-order chi connectivity index (χ1) is 6.59. The predicted molar refractivity (Wildman–Crippen MR) is 62.3 cm³/mol. The van der Waals surface area contributed by atoms with E-state index in [0.29, 0.717) is 20.4 Å². The molecule has 6 heteroatoms. The highest BCUT2D eigenvalue weighted by Crippen LogP contribution is 2.34. The Morgan fingerprint density at radius 1 is 1.07 bits per heavy atom. The molecule has 0 radical (unpaired) electrons. The third-order valence-electron chi connectivity index (χ3n) is 1.68. The van der Waals surface area contributed by atoms with Crippen molar-refractivity contribution in [3.05, 3.63) is 32.1 Å². The Morgan fingerprint density at radius 2 is 1.79 bits per heavy atom. The minimum absolute atomic E-state index is 0.122. The second-order valence-electron chi connectivity index (χ2n) is 2.54. The van der Waals surface area contributed by atoms with Gasteiger partial charge in [0.15, 0.2) is 0 Å². The van der Waals surface area contributed by atoms with Crippen LogP contribution in [0.15, 0.2) is 16.6 Å². The Kier molecular flexibility index (Phi) is 2.84. The van der Waals surface area contributed by atoms with Crippen LogP contribution in [0.1, 0.15) is 0 Å². The topological polar surface area (TPSA) is 25.8 Å². The van der Waals surface area contributed by atoms with Gasteiger partial charge in [-0.2, -0.15) is 0 Å². The summed E-state index contributed by atoms with van der Waals surface area (Å²) < 4.78 is 0.679. The molecule has 0 N–H and O–H groups in total. The fourth-order valence-electron chi connectivity index (χ4n) is 1.09. The van der Waals surface area contributed by atoms with Gasteiger partial charge in [-0.05, 0) is 39.7 Å². The van der Waals surface area contributed by atoms with Gasteiger partial charge in [0, 0.05) is 4.47 Å². The normalized spacial score (nSPS) is 10.9. The number of fused-ring (bicyclic) bond motifs is 1. The molecule has 0 saturated carbocycles. The van der Waals surface area contributed by atoms with Crippen molar-refractivity contribution in [2.75, 3.05) is 0 Å². The van der Waals surface area contributed by atoms with Gasteiger partial charge >= 0.3 is 0 Å². The summed E-state index contributed by atoms with van der Waals surface area (Å²) in [5, 5.41) is 1.64. The molecule has 1 aromatic heterocycles. The lowest BCUT2D eigenvalue weighted by molar-refractivity contribution is 1.22. The summed E-state index contributed by atoms with van der Waals surface area (Å²) in [6, 6.07) is 3.45. The SMILES string of the molecule is Clc1nc(Cl)c2c(Br)c(Cl)ccc2n1. The van der Waals surface area contributed by atoms with Crippen molar-refractivity contribution in [3.8, 4) is 0 Å². The molecule has 2 nitrogen and oxygen atoms in total. The van der Waals surface area contributed by atoms with E-state index in [0.717, 1.165) is 0 Å². The zero-order valence-corrected chi connectivity index (χ0v) is 10.4. The largest absolute Gasteiger partial charge is 0.224 e. The smallest absolute Gasteiger partial charge is 0.218 e. The lowest BCUT2D eigenvalue weighted by Crippen LogP contribution is -1.87. The van der Waals surface area contributed by atoms with Crippen molar-refractivity contribution < 1.29 is 0 Å². The molecule has 1 heterocycles. The van der Waals surface area contributed by atoms with Crippen LogP contribution in [0.25, 0.3) is 10.9 Å². The van der Waals surface area contributed by atoms with E-state index in [1.54, 1.807) is 12.1 Å². The van der Waals surface area contributed by atoms with Gasteiger partial charge in [0.05, 0.1) is 15.9 Å². The van der Waals surface area contributed by atoms with E-state index in [1.807, 2.05) is 0 Å². The number of hydrogen-bond acceptors (Lipinski definition) is 2. The van der Waals surface area contributed by atoms with Crippen LogP contribution in [0, 0.1) is 0 Å². The van der Waals surface area contributed by atoms with E-state index < -0.39 is 0 Å². The Morgan fingerprint density at radius 3 is 2.50 bits per heavy atom. The molecular formula is C8H2BrCl3N2. The fourth-order valence-corrected chi connectivity index (χ4v) is 2.38. The molecule has 72 valence electrons. The van der Waals surface area contributed by atoms with E-state index in [-0.39, 0.29) is 10.4 Å². The zero-order chi connectivity index (χ0) is 10.3. The molecule has 2 rings (SSSR count). The predicted octanol–water partition coefficient (Wildman–Crippen LogP) is 4.35. The lowest BCUT2D eigenvalue weighted by Gasteiger charge is -2.03. The van der Waals surface area contributed by atoms with Crippen molar-refractivity contribution in [2.24, 2.45) is 0 Å². The molecule has 0 unspecified atom stereocenters. The van der Waals surface area contributed by atoms with Crippen LogP contribution < -0.4 is 0 Å². The van der Waals surface area contributed by atoms with E-state index in [9.17, 15) is 0 Å². The molecule has 1 aromatic carbocycles. The number of hydrogen-bond donors (Lipinski definition) is 0. The molecule has 2 aromatic rings. The minimum Gasteiger partial charge on any atom is -0.218 e. The molecule has 0 spiro atoms. The van der Waals surface area contributed by atoms with Crippen LogP contribution in [0.3, 0.4) is 0 Å². The van der Waals surface area contributed by atoms with Gasteiger partial charge < -0.3 is 0 Å². The Hall–Kier alpha value is -0.0900. The first-order valence-electron chi connectivity index (χ1n) is 3.56. The first kappa shape index (κ1) is 10.4. The maximum atomic E-state index is 5.92. The van der Waals surface area contributed by atoms with E-state index in [1.165, 1.54) is 0 Å². The van der Waals surface area contributed by atoms with Gasteiger partial charge in [0.2, 0.25) is 5.28 Å². The molecule has 0 fully saturated rings. The summed E-state index contributed by atoms with van der Waals surface area (Å²) in [5.74, 6) is 0. The van der Waals surface area contributed by atoms with Crippen molar-refractivity contribution >= 4 is 61.6 Å². The summed E-state index contributed by atoms with van der Waals surface area (Å²) in [7, 11) is 0. The third-order valence-corrected chi connectivity index (χ3v) is 3.49.